The van der Waals surface area contributed by atoms with Crippen molar-refractivity contribution in [2.24, 2.45) is 0 Å². The second-order valence-corrected chi connectivity index (χ2v) is 30.6. The van der Waals surface area contributed by atoms with Gasteiger partial charge >= 0.3 is 39.5 Å². The number of ether oxygens (including phenoxy) is 4. The Morgan fingerprint density at radius 3 is 0.836 bits per heavy atom. The third-order valence-electron chi connectivity index (χ3n) is 17.2. The lowest BCUT2D eigenvalue weighted by molar-refractivity contribution is -0.161. The Kier molecular flexibility index (Phi) is 77.3. The monoisotopic (exact) mass is 1580 g/mol. The molecule has 626 valence electrons. The predicted octanol–water partition coefficient (Wildman–Crippen LogP) is 25.3. The maximum Gasteiger partial charge on any atom is 0.472 e. The normalized spacial score (nSPS) is 14.6. The smallest absolute Gasteiger partial charge is 0.462 e. The van der Waals surface area contributed by atoms with E-state index in [-0.39, 0.29) is 25.7 Å². The van der Waals surface area contributed by atoms with E-state index in [0.29, 0.717) is 38.5 Å². The van der Waals surface area contributed by atoms with E-state index in [1.54, 1.807) is 0 Å². The Balaban J connectivity index is 5.53. The molecule has 110 heavy (non-hydrogen) atoms. The number of hydrogen-bond acceptors (Lipinski definition) is 15. The molecule has 0 amide bonds. The van der Waals surface area contributed by atoms with Crippen LogP contribution in [0.15, 0.2) is 170 Å². The van der Waals surface area contributed by atoms with E-state index in [1.165, 1.54) is 103 Å². The molecule has 0 rings (SSSR count). The minimum absolute atomic E-state index is 0.0432. The molecule has 5 atom stereocenters. The number of phosphoric acid groups is 2. The lowest BCUT2D eigenvalue weighted by atomic mass is 10.0. The minimum atomic E-state index is -5.02. The standard InChI is InChI=1S/C91H150O17P2/c1-5-9-13-17-21-25-29-33-37-40-42-45-49-52-56-60-64-68-72-76-89(94)102-82-87(108-91(96)78-74-70-66-62-58-54-50-46-43-41-38-34-30-26-22-18-14-10-6-2)84-106-110(99,100)104-80-85(92)79-103-109(97,98)105-83-86(107-90(95)77-73-69-65-61-57-53-47-36-32-28-24-20-16-12-8-4)81-101-88(93)75-71-67-63-59-55-51-48-44-39-35-31-27-23-19-15-11-7-3/h9,13,21-23,25-27,33-35,37-39,42-43,45-46,48,51-52,54,56,58-59,63,66,70,85-87,92H,5-8,10-12,14-20,24,28-32,36,40-41,44,47,49-50,53,55,57,60-62,64-65,67-69,71-84H2,1-4H3,(H,97,98)(H,99,100)/b13-9-,25-21-,26-22-,27-23-,37-33-,38-34-,39-35-,45-42-,46-43-,51-48-,56-52-,58-54-,63-59-,70-66-/t85-,86+,87+/m0/s1. The topological polar surface area (TPSA) is 237 Å². The molecule has 0 saturated heterocycles. The number of unbranched alkanes of at least 4 members (excludes halogenated alkanes) is 24. The molecule has 0 aromatic rings. The molecule has 2 unspecified atom stereocenters. The summed E-state index contributed by atoms with van der Waals surface area (Å²) >= 11 is 0. The van der Waals surface area contributed by atoms with E-state index in [1.807, 2.05) is 30.4 Å². The second kappa shape index (κ2) is 81.4. The third kappa shape index (κ3) is 80.5. The van der Waals surface area contributed by atoms with Crippen molar-refractivity contribution in [1.82, 2.24) is 0 Å². The van der Waals surface area contributed by atoms with E-state index in [2.05, 4.69) is 167 Å². The van der Waals surface area contributed by atoms with E-state index < -0.39 is 97.5 Å². The summed E-state index contributed by atoms with van der Waals surface area (Å²) in [6, 6.07) is 0. The molecule has 0 aromatic heterocycles. The van der Waals surface area contributed by atoms with E-state index in [0.717, 1.165) is 128 Å². The second-order valence-electron chi connectivity index (χ2n) is 27.7. The summed E-state index contributed by atoms with van der Waals surface area (Å²) in [6.07, 6.45) is 97.7. The molecule has 0 fully saturated rings. The van der Waals surface area contributed by atoms with Crippen molar-refractivity contribution in [1.29, 1.82) is 0 Å². The molecule has 0 heterocycles. The van der Waals surface area contributed by atoms with Crippen molar-refractivity contribution in [2.75, 3.05) is 39.6 Å². The summed E-state index contributed by atoms with van der Waals surface area (Å²) < 4.78 is 68.6. The van der Waals surface area contributed by atoms with Crippen molar-refractivity contribution in [3.8, 4) is 0 Å². The Morgan fingerprint density at radius 1 is 0.264 bits per heavy atom. The minimum Gasteiger partial charge on any atom is -0.462 e. The number of rotatable bonds is 78. The van der Waals surface area contributed by atoms with Crippen molar-refractivity contribution in [3.05, 3.63) is 170 Å². The fourth-order valence-corrected chi connectivity index (χ4v) is 12.3. The molecule has 0 radical (unpaired) electrons. The Bertz CT molecular complexity index is 2750. The number of esters is 4. The van der Waals surface area contributed by atoms with Crippen LogP contribution in [-0.4, -0.2) is 96.7 Å². The molecule has 0 spiro atoms. The Labute approximate surface area is 667 Å². The number of allylic oxidation sites excluding steroid dienone is 28. The Hall–Kier alpha value is -5.58. The van der Waals surface area contributed by atoms with Gasteiger partial charge in [0.2, 0.25) is 0 Å². The lowest BCUT2D eigenvalue weighted by Crippen LogP contribution is -2.30. The SMILES string of the molecule is CC/C=C\C/C=C\C/C=C\C/C=C\C/C=C\CCCCCC(=O)OC[C@H](COP(=O)(O)OC[C@@H](O)COP(=O)(O)OC[C@@H](COC(=O)CCC/C=C\C/C=C\C/C=C\C/C=C\CCCCC)OC(=O)CCCCCCCCCCCCCCCCC)OC(=O)CC/C=C\C/C=C\C/C=C\C/C=C\C/C=C\CCCCC. The zero-order chi connectivity index (χ0) is 80.3. The molecule has 0 bridgehead atoms. The van der Waals surface area contributed by atoms with Crippen LogP contribution in [0.1, 0.15) is 323 Å². The van der Waals surface area contributed by atoms with Crippen molar-refractivity contribution in [2.45, 2.75) is 341 Å². The van der Waals surface area contributed by atoms with Crippen LogP contribution < -0.4 is 0 Å². The summed E-state index contributed by atoms with van der Waals surface area (Å²) in [6.45, 7) is 4.54. The van der Waals surface area contributed by atoms with Crippen LogP contribution in [0.3, 0.4) is 0 Å². The van der Waals surface area contributed by atoms with Gasteiger partial charge in [-0.2, -0.15) is 0 Å². The largest absolute Gasteiger partial charge is 0.472 e. The quantitative estimate of drug-likeness (QED) is 0.0169. The molecular formula is C91H150O17P2. The van der Waals surface area contributed by atoms with Gasteiger partial charge in [0.25, 0.3) is 0 Å². The number of aliphatic hydroxyl groups is 1. The molecule has 3 N–H and O–H groups in total. The van der Waals surface area contributed by atoms with E-state index in [4.69, 9.17) is 37.0 Å². The average Bonchev–Trinajstić information content (AvgIpc) is 0.900. The van der Waals surface area contributed by atoms with Gasteiger partial charge in [-0.3, -0.25) is 37.3 Å². The van der Waals surface area contributed by atoms with Gasteiger partial charge in [0.05, 0.1) is 26.4 Å². The number of carbonyl (C=O) groups is 4. The molecule has 0 aliphatic rings. The van der Waals surface area contributed by atoms with Gasteiger partial charge in [-0.1, -0.05) is 320 Å². The fourth-order valence-electron chi connectivity index (χ4n) is 10.8. The highest BCUT2D eigenvalue weighted by Gasteiger charge is 2.30. The van der Waals surface area contributed by atoms with Crippen LogP contribution in [-0.2, 0) is 65.4 Å². The zero-order valence-electron chi connectivity index (χ0n) is 68.6. The zero-order valence-corrected chi connectivity index (χ0v) is 70.4. The van der Waals surface area contributed by atoms with Crippen LogP contribution in [0.2, 0.25) is 0 Å². The average molecular weight is 1580 g/mol. The van der Waals surface area contributed by atoms with E-state index in [9.17, 15) is 43.2 Å². The van der Waals surface area contributed by atoms with Crippen molar-refractivity contribution >= 4 is 39.5 Å². The fraction of sp³-hybridized carbons (Fsp3) is 0.648. The molecule has 0 saturated carbocycles. The van der Waals surface area contributed by atoms with Crippen LogP contribution in [0.25, 0.3) is 0 Å². The first kappa shape index (κ1) is 104. The molecule has 0 aromatic carbocycles. The summed E-state index contributed by atoms with van der Waals surface area (Å²) in [5, 5.41) is 10.7. The van der Waals surface area contributed by atoms with Crippen molar-refractivity contribution in [3.63, 3.8) is 0 Å². The maximum absolute atomic E-state index is 13.1. The van der Waals surface area contributed by atoms with E-state index >= 15 is 0 Å². The summed E-state index contributed by atoms with van der Waals surface area (Å²) in [5.74, 6) is -2.38. The molecule has 0 aliphatic carbocycles. The highest BCUT2D eigenvalue weighted by atomic mass is 31.2. The van der Waals surface area contributed by atoms with Gasteiger partial charge in [-0.05, 0) is 148 Å². The van der Waals surface area contributed by atoms with Gasteiger partial charge in [0.15, 0.2) is 12.2 Å². The first-order chi connectivity index (χ1) is 53.7. The first-order valence-electron chi connectivity index (χ1n) is 42.4. The summed E-state index contributed by atoms with van der Waals surface area (Å²) in [7, 11) is -10.0. The van der Waals surface area contributed by atoms with Crippen LogP contribution in [0.5, 0.6) is 0 Å². The molecule has 17 nitrogen and oxygen atoms in total. The van der Waals surface area contributed by atoms with Crippen molar-refractivity contribution < 1.29 is 80.2 Å². The van der Waals surface area contributed by atoms with Gasteiger partial charge in [0.1, 0.15) is 19.3 Å². The van der Waals surface area contributed by atoms with Crippen LogP contribution >= 0.6 is 15.6 Å². The number of carbonyl (C=O) groups excluding carboxylic acids is 4. The third-order valence-corrected chi connectivity index (χ3v) is 19.1. The number of hydrogen-bond donors (Lipinski definition) is 3. The van der Waals surface area contributed by atoms with Gasteiger partial charge in [-0.15, -0.1) is 0 Å². The van der Waals surface area contributed by atoms with Crippen LogP contribution in [0, 0.1) is 0 Å². The molecule has 0 aliphatic heterocycles. The molecular weight excluding hydrogens is 1430 g/mol. The maximum atomic E-state index is 13.1. The summed E-state index contributed by atoms with van der Waals surface area (Å²) in [4.78, 5) is 73.2. The molecule has 19 heteroatoms. The number of aliphatic hydroxyl groups excluding tert-OH is 1. The highest BCUT2D eigenvalue weighted by molar-refractivity contribution is 7.47. The van der Waals surface area contributed by atoms with Crippen LogP contribution in [0.4, 0.5) is 0 Å². The van der Waals surface area contributed by atoms with Gasteiger partial charge < -0.3 is 33.8 Å². The summed E-state index contributed by atoms with van der Waals surface area (Å²) in [5.41, 5.74) is 0. The number of phosphoric ester groups is 2. The lowest BCUT2D eigenvalue weighted by Gasteiger charge is -2.21. The first-order valence-corrected chi connectivity index (χ1v) is 45.4. The highest BCUT2D eigenvalue weighted by Crippen LogP contribution is 2.45. The Morgan fingerprint density at radius 2 is 0.500 bits per heavy atom. The predicted molar refractivity (Wildman–Crippen MR) is 454 cm³/mol. The van der Waals surface area contributed by atoms with Gasteiger partial charge in [0, 0.05) is 25.7 Å². The van der Waals surface area contributed by atoms with Gasteiger partial charge in [-0.25, -0.2) is 9.13 Å².